The summed E-state index contributed by atoms with van der Waals surface area (Å²) in [5.74, 6) is -2.25. The van der Waals surface area contributed by atoms with Crippen LogP contribution in [0.2, 0.25) is 0 Å². The van der Waals surface area contributed by atoms with Crippen LogP contribution in [0, 0.1) is 5.82 Å². The second-order valence-electron chi connectivity index (χ2n) is 3.74. The van der Waals surface area contributed by atoms with Crippen LogP contribution in [0.1, 0.15) is 10.4 Å². The smallest absolute Gasteiger partial charge is 0.335 e. The first-order chi connectivity index (χ1) is 8.47. The number of hydrogen-bond donors (Lipinski definition) is 3. The van der Waals surface area contributed by atoms with Crippen LogP contribution >= 0.6 is 0 Å². The summed E-state index contributed by atoms with van der Waals surface area (Å²) in [5.41, 5.74) is 0.200. The number of carboxylic acids is 1. The lowest BCUT2D eigenvalue weighted by Crippen LogP contribution is -1.96. The van der Waals surface area contributed by atoms with E-state index in [2.05, 4.69) is 0 Å². The highest BCUT2D eigenvalue weighted by atomic mass is 19.1. The van der Waals surface area contributed by atoms with Crippen molar-refractivity contribution in [2.24, 2.45) is 0 Å². The maximum atomic E-state index is 13.1. The van der Waals surface area contributed by atoms with E-state index in [1.807, 2.05) is 0 Å². The van der Waals surface area contributed by atoms with Gasteiger partial charge in [0.2, 0.25) is 0 Å². The molecule has 0 aromatic heterocycles. The number of rotatable bonds is 2. The zero-order valence-electron chi connectivity index (χ0n) is 9.09. The van der Waals surface area contributed by atoms with E-state index in [1.165, 1.54) is 12.1 Å². The summed E-state index contributed by atoms with van der Waals surface area (Å²) >= 11 is 0. The average Bonchev–Trinajstić information content (AvgIpc) is 2.31. The van der Waals surface area contributed by atoms with E-state index in [4.69, 9.17) is 5.11 Å². The van der Waals surface area contributed by atoms with Gasteiger partial charge >= 0.3 is 5.97 Å². The van der Waals surface area contributed by atoms with E-state index in [1.54, 1.807) is 0 Å². The van der Waals surface area contributed by atoms with Crippen molar-refractivity contribution in [3.8, 4) is 22.6 Å². The Balaban J connectivity index is 2.63. The number of hydrogen-bond acceptors (Lipinski definition) is 3. The van der Waals surface area contributed by atoms with E-state index in [0.717, 1.165) is 24.3 Å². The zero-order valence-corrected chi connectivity index (χ0v) is 9.09. The average molecular weight is 248 g/mol. The van der Waals surface area contributed by atoms with Crippen LogP contribution in [0.25, 0.3) is 11.1 Å². The molecule has 0 radical (unpaired) electrons. The lowest BCUT2D eigenvalue weighted by atomic mass is 10.0. The fourth-order valence-corrected chi connectivity index (χ4v) is 1.63. The molecule has 0 amide bonds. The molecule has 0 fully saturated rings. The van der Waals surface area contributed by atoms with Gasteiger partial charge in [0.15, 0.2) is 0 Å². The molecule has 0 bridgehead atoms. The van der Waals surface area contributed by atoms with Crippen molar-refractivity contribution in [2.75, 3.05) is 0 Å². The molecule has 0 aliphatic rings. The Bertz CT molecular complexity index is 622. The third kappa shape index (κ3) is 2.24. The summed E-state index contributed by atoms with van der Waals surface area (Å²) in [6, 6.07) is 6.88. The Kier molecular flexibility index (Phi) is 2.89. The quantitative estimate of drug-likeness (QED) is 0.763. The number of phenols is 2. The molecular weight excluding hydrogens is 239 g/mol. The molecule has 0 unspecified atom stereocenters. The predicted octanol–water partition coefficient (Wildman–Crippen LogP) is 2.60. The fraction of sp³-hybridized carbons (Fsp3) is 0. The van der Waals surface area contributed by atoms with Crippen molar-refractivity contribution < 1.29 is 24.5 Å². The molecule has 92 valence electrons. The molecule has 2 aromatic rings. The van der Waals surface area contributed by atoms with Gasteiger partial charge in [0.1, 0.15) is 17.3 Å². The summed E-state index contributed by atoms with van der Waals surface area (Å²) < 4.78 is 13.1. The van der Waals surface area contributed by atoms with Crippen LogP contribution in [0.3, 0.4) is 0 Å². The molecule has 0 heterocycles. The van der Waals surface area contributed by atoms with Crippen LogP contribution in [-0.2, 0) is 0 Å². The summed E-state index contributed by atoms with van der Waals surface area (Å²) in [4.78, 5) is 10.8. The van der Waals surface area contributed by atoms with Crippen molar-refractivity contribution in [3.63, 3.8) is 0 Å². The normalized spacial score (nSPS) is 10.3. The van der Waals surface area contributed by atoms with Gasteiger partial charge in [0.05, 0.1) is 5.56 Å². The summed E-state index contributed by atoms with van der Waals surface area (Å²) in [7, 11) is 0. The van der Waals surface area contributed by atoms with Gasteiger partial charge in [-0.25, -0.2) is 9.18 Å². The van der Waals surface area contributed by atoms with Crippen LogP contribution in [0.5, 0.6) is 11.5 Å². The summed E-state index contributed by atoms with van der Waals surface area (Å²) in [5, 5.41) is 27.9. The second-order valence-corrected chi connectivity index (χ2v) is 3.74. The van der Waals surface area contributed by atoms with Crippen molar-refractivity contribution in [1.82, 2.24) is 0 Å². The molecule has 18 heavy (non-hydrogen) atoms. The number of benzene rings is 2. The molecular formula is C13H9FO4. The van der Waals surface area contributed by atoms with Crippen LogP contribution in [0.15, 0.2) is 36.4 Å². The van der Waals surface area contributed by atoms with Crippen LogP contribution < -0.4 is 0 Å². The Morgan fingerprint density at radius 1 is 1.06 bits per heavy atom. The lowest BCUT2D eigenvalue weighted by Gasteiger charge is -2.07. The highest BCUT2D eigenvalue weighted by Gasteiger charge is 2.11. The minimum absolute atomic E-state index is 0.119. The number of carbonyl (C=O) groups is 1. The number of aromatic carboxylic acids is 1. The lowest BCUT2D eigenvalue weighted by molar-refractivity contribution is 0.0696. The van der Waals surface area contributed by atoms with Crippen LogP contribution in [0.4, 0.5) is 4.39 Å². The molecule has 5 heteroatoms. The first kappa shape index (κ1) is 11.9. The first-order valence-electron chi connectivity index (χ1n) is 5.03. The second kappa shape index (κ2) is 4.37. The zero-order chi connectivity index (χ0) is 13.3. The van der Waals surface area contributed by atoms with Gasteiger partial charge in [-0.15, -0.1) is 0 Å². The predicted molar refractivity (Wildman–Crippen MR) is 62.1 cm³/mol. The molecule has 4 nitrogen and oxygen atoms in total. The topological polar surface area (TPSA) is 77.8 Å². The van der Waals surface area contributed by atoms with Crippen molar-refractivity contribution in [1.29, 1.82) is 0 Å². The number of carboxylic acid groups (broad SMARTS) is 1. The minimum atomic E-state index is -1.22. The van der Waals surface area contributed by atoms with E-state index in [-0.39, 0.29) is 28.2 Å². The van der Waals surface area contributed by atoms with Crippen molar-refractivity contribution in [2.45, 2.75) is 0 Å². The fourth-order valence-electron chi connectivity index (χ4n) is 1.63. The van der Waals surface area contributed by atoms with Gasteiger partial charge in [-0.05, 0) is 42.0 Å². The van der Waals surface area contributed by atoms with Gasteiger partial charge in [-0.1, -0.05) is 0 Å². The molecule has 2 rings (SSSR count). The maximum absolute atomic E-state index is 13.1. The molecule has 2 aromatic carbocycles. The Morgan fingerprint density at radius 3 is 2.44 bits per heavy atom. The standard InChI is InChI=1S/C13H9FO4/c14-9-1-2-12(16)11(6-9)7-3-8(13(17)18)5-10(15)4-7/h1-6,15-16H,(H,17,18). The number of phenolic OH excluding ortho intramolecular Hbond substituents is 2. The highest BCUT2D eigenvalue weighted by Crippen LogP contribution is 2.32. The Morgan fingerprint density at radius 2 is 1.78 bits per heavy atom. The van der Waals surface area contributed by atoms with Gasteiger partial charge in [0, 0.05) is 5.56 Å². The van der Waals surface area contributed by atoms with Crippen molar-refractivity contribution in [3.05, 3.63) is 47.8 Å². The molecule has 0 saturated heterocycles. The van der Waals surface area contributed by atoms with Gasteiger partial charge < -0.3 is 15.3 Å². The molecule has 0 aliphatic carbocycles. The van der Waals surface area contributed by atoms with E-state index >= 15 is 0 Å². The molecule has 3 N–H and O–H groups in total. The third-order valence-corrected chi connectivity index (χ3v) is 2.43. The van der Waals surface area contributed by atoms with E-state index in [9.17, 15) is 19.4 Å². The Labute approximate surface area is 102 Å². The minimum Gasteiger partial charge on any atom is -0.508 e. The maximum Gasteiger partial charge on any atom is 0.335 e. The van der Waals surface area contributed by atoms with Gasteiger partial charge in [-0.2, -0.15) is 0 Å². The first-order valence-corrected chi connectivity index (χ1v) is 5.03. The van der Waals surface area contributed by atoms with E-state index in [0.29, 0.717) is 0 Å². The van der Waals surface area contributed by atoms with E-state index < -0.39 is 11.8 Å². The molecule has 0 spiro atoms. The molecule has 0 saturated carbocycles. The molecule has 0 aliphatic heterocycles. The summed E-state index contributed by atoms with van der Waals surface area (Å²) in [6.45, 7) is 0. The molecule has 0 atom stereocenters. The van der Waals surface area contributed by atoms with Crippen molar-refractivity contribution >= 4 is 5.97 Å². The van der Waals surface area contributed by atoms with Crippen LogP contribution in [-0.4, -0.2) is 21.3 Å². The van der Waals surface area contributed by atoms with Gasteiger partial charge in [0.25, 0.3) is 0 Å². The Hall–Kier alpha value is -2.56. The SMILES string of the molecule is O=C(O)c1cc(O)cc(-c2cc(F)ccc2O)c1. The van der Waals surface area contributed by atoms with Gasteiger partial charge in [-0.3, -0.25) is 0 Å². The number of halogens is 1. The largest absolute Gasteiger partial charge is 0.508 e. The summed E-state index contributed by atoms with van der Waals surface area (Å²) in [6.07, 6.45) is 0. The highest BCUT2D eigenvalue weighted by molar-refractivity contribution is 5.90. The number of aromatic hydroxyl groups is 2. The third-order valence-electron chi connectivity index (χ3n) is 2.43. The monoisotopic (exact) mass is 248 g/mol.